The second-order valence-electron chi connectivity index (χ2n) is 11.5. The Kier molecular flexibility index (Phi) is 11.4. The number of amides is 5. The van der Waals surface area contributed by atoms with E-state index < -0.39 is 29.7 Å². The van der Waals surface area contributed by atoms with Crippen LogP contribution in [0.25, 0.3) is 0 Å². The molecule has 5 amide bonds. The van der Waals surface area contributed by atoms with Crippen molar-refractivity contribution in [2.45, 2.75) is 109 Å². The molecule has 3 fully saturated rings. The zero-order chi connectivity index (χ0) is 28.4. The van der Waals surface area contributed by atoms with Crippen LogP contribution >= 0.6 is 0 Å². The number of unbranched alkanes of at least 4 members (excludes halogenated alkanes) is 1. The maximum Gasteiger partial charge on any atom is 0.315 e. The van der Waals surface area contributed by atoms with Crippen LogP contribution in [0.2, 0.25) is 0 Å². The van der Waals surface area contributed by atoms with Gasteiger partial charge in [0.2, 0.25) is 17.6 Å². The van der Waals surface area contributed by atoms with Gasteiger partial charge in [-0.2, -0.15) is 0 Å². The molecule has 218 valence electrons. The van der Waals surface area contributed by atoms with Crippen molar-refractivity contribution in [1.82, 2.24) is 26.2 Å². The lowest BCUT2D eigenvalue weighted by atomic mass is 9.80. The summed E-state index contributed by atoms with van der Waals surface area (Å²) in [6, 6.07) is -2.13. The van der Waals surface area contributed by atoms with E-state index in [1.807, 2.05) is 6.92 Å². The number of nitrogens with one attached hydrogen (secondary N) is 4. The molecule has 1 aliphatic heterocycles. The molecule has 39 heavy (non-hydrogen) atoms. The summed E-state index contributed by atoms with van der Waals surface area (Å²) in [7, 11) is 0. The van der Waals surface area contributed by atoms with E-state index in [9.17, 15) is 24.0 Å². The van der Waals surface area contributed by atoms with E-state index in [0.717, 1.165) is 51.4 Å². The van der Waals surface area contributed by atoms with Crippen LogP contribution < -0.4 is 21.3 Å². The fourth-order valence-electron chi connectivity index (χ4n) is 5.65. The summed E-state index contributed by atoms with van der Waals surface area (Å²) in [5, 5.41) is 11.2. The minimum atomic E-state index is -0.944. The fraction of sp³-hybridized carbons (Fsp3) is 0.759. The van der Waals surface area contributed by atoms with Crippen molar-refractivity contribution in [3.63, 3.8) is 0 Å². The largest absolute Gasteiger partial charge is 0.349 e. The molecule has 3 atom stereocenters. The van der Waals surface area contributed by atoms with Gasteiger partial charge in [0, 0.05) is 18.6 Å². The maximum absolute atomic E-state index is 13.4. The summed E-state index contributed by atoms with van der Waals surface area (Å²) in [6.07, 6.45) is 12.0. The molecular weight excluding hydrogens is 498 g/mol. The average molecular weight is 546 g/mol. The highest BCUT2D eigenvalue weighted by Crippen LogP contribution is 2.31. The average Bonchev–Trinajstić information content (AvgIpc) is 3.68. The molecule has 1 saturated heterocycles. The number of ketones is 1. The normalized spacial score (nSPS) is 22.9. The molecule has 3 aliphatic rings. The van der Waals surface area contributed by atoms with Crippen molar-refractivity contribution >= 4 is 29.5 Å². The van der Waals surface area contributed by atoms with Crippen LogP contribution in [0.15, 0.2) is 12.7 Å². The smallest absolute Gasteiger partial charge is 0.315 e. The molecule has 3 rings (SSSR count). The zero-order valence-electron chi connectivity index (χ0n) is 23.7. The monoisotopic (exact) mass is 545 g/mol. The van der Waals surface area contributed by atoms with Crippen molar-refractivity contribution in [3.05, 3.63) is 12.7 Å². The number of hydrogen-bond acceptors (Lipinski definition) is 5. The highest BCUT2D eigenvalue weighted by molar-refractivity contribution is 6.38. The molecule has 2 saturated carbocycles. The number of urea groups is 1. The Labute approximate surface area is 232 Å². The third-order valence-corrected chi connectivity index (χ3v) is 8.51. The number of carbonyl (C=O) groups excluding carboxylic acids is 5. The molecular formula is C29H47N5O5. The number of carbonyl (C=O) groups is 5. The molecule has 0 aromatic rings. The first-order chi connectivity index (χ1) is 18.7. The second kappa shape index (κ2) is 14.5. The summed E-state index contributed by atoms with van der Waals surface area (Å²) >= 11 is 0. The molecule has 0 spiro atoms. The highest BCUT2D eigenvalue weighted by Gasteiger charge is 2.40. The lowest BCUT2D eigenvalue weighted by molar-refractivity contribution is -0.142. The van der Waals surface area contributed by atoms with Gasteiger partial charge in [-0.1, -0.05) is 52.0 Å². The van der Waals surface area contributed by atoms with E-state index in [1.165, 1.54) is 11.3 Å². The number of nitrogens with zero attached hydrogens (tertiary/aromatic N) is 1. The van der Waals surface area contributed by atoms with Crippen molar-refractivity contribution in [3.8, 4) is 0 Å². The predicted molar refractivity (Wildman–Crippen MR) is 149 cm³/mol. The molecule has 10 nitrogen and oxygen atoms in total. The number of rotatable bonds is 14. The fourth-order valence-corrected chi connectivity index (χ4v) is 5.65. The van der Waals surface area contributed by atoms with Gasteiger partial charge in [-0.25, -0.2) is 4.79 Å². The topological polar surface area (TPSA) is 137 Å². The third-order valence-electron chi connectivity index (χ3n) is 8.51. The van der Waals surface area contributed by atoms with Crippen molar-refractivity contribution in [2.75, 3.05) is 19.6 Å². The van der Waals surface area contributed by atoms with Crippen LogP contribution in [0.4, 0.5) is 4.79 Å². The van der Waals surface area contributed by atoms with Crippen molar-refractivity contribution in [1.29, 1.82) is 0 Å². The van der Waals surface area contributed by atoms with Gasteiger partial charge in [-0.05, 0) is 56.8 Å². The molecule has 1 heterocycles. The number of likely N-dealkylation sites (tertiary alicyclic amines) is 1. The second-order valence-corrected chi connectivity index (χ2v) is 11.5. The van der Waals surface area contributed by atoms with Gasteiger partial charge < -0.3 is 26.2 Å². The summed E-state index contributed by atoms with van der Waals surface area (Å²) in [5.74, 6) is -1.82. The van der Waals surface area contributed by atoms with Crippen LogP contribution in [0.3, 0.4) is 0 Å². The molecule has 10 heteroatoms. The minimum absolute atomic E-state index is 0.0873. The Bertz CT molecular complexity index is 912. The van der Waals surface area contributed by atoms with E-state index in [-0.39, 0.29) is 29.9 Å². The van der Waals surface area contributed by atoms with E-state index in [2.05, 4.69) is 34.8 Å². The highest BCUT2D eigenvalue weighted by atomic mass is 16.2. The molecule has 0 aromatic carbocycles. The van der Waals surface area contributed by atoms with Gasteiger partial charge >= 0.3 is 6.03 Å². The summed E-state index contributed by atoms with van der Waals surface area (Å²) in [4.78, 5) is 66.0. The Morgan fingerprint density at radius 2 is 1.77 bits per heavy atom. The first-order valence-electron chi connectivity index (χ1n) is 14.8. The quantitative estimate of drug-likeness (QED) is 0.196. The van der Waals surface area contributed by atoms with Crippen LogP contribution in [-0.4, -0.2) is 71.7 Å². The Morgan fingerprint density at radius 3 is 2.38 bits per heavy atom. The van der Waals surface area contributed by atoms with Crippen LogP contribution in [0, 0.1) is 11.8 Å². The van der Waals surface area contributed by atoms with E-state index in [4.69, 9.17) is 0 Å². The molecule has 0 radical (unpaired) electrons. The van der Waals surface area contributed by atoms with Crippen LogP contribution in [0.1, 0.15) is 90.9 Å². The molecule has 0 unspecified atom stereocenters. The number of Topliss-reactive ketones (excluding diaryl/α,β-unsaturated/α-hetero) is 1. The Morgan fingerprint density at radius 1 is 1.05 bits per heavy atom. The molecule has 2 aliphatic carbocycles. The van der Waals surface area contributed by atoms with Gasteiger partial charge in [-0.15, -0.1) is 6.58 Å². The summed E-state index contributed by atoms with van der Waals surface area (Å²) < 4.78 is 0. The first-order valence-corrected chi connectivity index (χ1v) is 14.8. The standard InChI is InChI=1S/C29H47N5O5/c1-4-7-11-22(25(36)27(38)30-17-21-12-13-21)32-26(37)23-16-20(5-2)19-34(23)24(35)18-31-28(39)33-29(6-3)14-9-8-10-15-29/h5,20-23H,2,4,6-19H2,1,3H3,(H,30,38)(H,32,37)(H2,31,33,39)/t20-,22+,23+/m1/s1. The van der Waals surface area contributed by atoms with Crippen molar-refractivity contribution < 1.29 is 24.0 Å². The van der Waals surface area contributed by atoms with Crippen LogP contribution in [0.5, 0.6) is 0 Å². The summed E-state index contributed by atoms with van der Waals surface area (Å²) in [5.41, 5.74) is -0.236. The lowest BCUT2D eigenvalue weighted by Gasteiger charge is -2.37. The molecule has 0 bridgehead atoms. The van der Waals surface area contributed by atoms with Gasteiger partial charge in [0.25, 0.3) is 5.91 Å². The van der Waals surface area contributed by atoms with E-state index in [0.29, 0.717) is 38.3 Å². The van der Waals surface area contributed by atoms with E-state index in [1.54, 1.807) is 6.08 Å². The van der Waals surface area contributed by atoms with Crippen LogP contribution in [-0.2, 0) is 19.2 Å². The predicted octanol–water partition coefficient (Wildman–Crippen LogP) is 2.57. The Hall–Kier alpha value is -2.91. The first kappa shape index (κ1) is 30.6. The Balaban J connectivity index is 1.59. The van der Waals surface area contributed by atoms with Crippen molar-refractivity contribution in [2.24, 2.45) is 11.8 Å². The maximum atomic E-state index is 13.4. The van der Waals surface area contributed by atoms with Gasteiger partial charge in [0.15, 0.2) is 0 Å². The number of hydrogen-bond donors (Lipinski definition) is 4. The van der Waals surface area contributed by atoms with Gasteiger partial charge in [0.1, 0.15) is 6.04 Å². The lowest BCUT2D eigenvalue weighted by Crippen LogP contribution is -2.56. The third kappa shape index (κ3) is 8.80. The van der Waals surface area contributed by atoms with Gasteiger partial charge in [0.05, 0.1) is 12.6 Å². The molecule has 4 N–H and O–H groups in total. The SMILES string of the molecule is C=C[C@@H]1C[C@@H](C(=O)N[C@@H](CCCC)C(=O)C(=O)NCC2CC2)N(C(=O)CNC(=O)NC2(CC)CCCCC2)C1. The minimum Gasteiger partial charge on any atom is -0.349 e. The van der Waals surface area contributed by atoms with E-state index >= 15 is 0 Å². The summed E-state index contributed by atoms with van der Waals surface area (Å²) in [6.45, 7) is 8.41. The molecule has 0 aromatic heterocycles. The zero-order valence-corrected chi connectivity index (χ0v) is 23.7. The van der Waals surface area contributed by atoms with Gasteiger partial charge in [-0.3, -0.25) is 19.2 Å².